The maximum Gasteiger partial charge on any atom is 0.323 e. The van der Waals surface area contributed by atoms with Crippen LogP contribution in [-0.2, 0) is 23.5 Å². The summed E-state index contributed by atoms with van der Waals surface area (Å²) >= 11 is 0. The summed E-state index contributed by atoms with van der Waals surface area (Å²) in [4.78, 5) is 25.3. The number of hydrogen-bond acceptors (Lipinski definition) is 5. The van der Waals surface area contributed by atoms with E-state index in [0.717, 1.165) is 22.0 Å². The van der Waals surface area contributed by atoms with Gasteiger partial charge in [0.1, 0.15) is 5.75 Å². The minimum absolute atomic E-state index is 0.000651. The molecule has 0 radical (unpaired) electrons. The molecule has 0 unspecified atom stereocenters. The topological polar surface area (TPSA) is 119 Å². The molecule has 4 aromatic carbocycles. The van der Waals surface area contributed by atoms with Gasteiger partial charge in [-0.15, -0.1) is 0 Å². The standard InChI is InChI=1S/C31H28N4O5S/c1-35-20-23(27-19-25(15-16-28(27)35)33-31(37)32-24-9-5-3-6-10-24)17-21-13-14-22(18-29(21)40-2)30(36)34-41(38,39)26-11-7-4-8-12-26/h3-16,18-20H,17H2,1-2H3,(H,34,36)(H2,32,33,37). The first-order valence-electron chi connectivity index (χ1n) is 12.7. The van der Waals surface area contributed by atoms with Gasteiger partial charge >= 0.3 is 6.03 Å². The summed E-state index contributed by atoms with van der Waals surface area (Å²) in [5, 5.41) is 6.63. The summed E-state index contributed by atoms with van der Waals surface area (Å²) in [5.74, 6) is -0.309. The zero-order valence-electron chi connectivity index (χ0n) is 22.4. The number of para-hydroxylation sites is 1. The summed E-state index contributed by atoms with van der Waals surface area (Å²) in [6, 6.07) is 27.1. The molecule has 3 N–H and O–H groups in total. The molecule has 0 saturated carbocycles. The second-order valence-electron chi connectivity index (χ2n) is 9.39. The van der Waals surface area contributed by atoms with E-state index in [0.29, 0.717) is 23.5 Å². The lowest BCUT2D eigenvalue weighted by molar-refractivity contribution is 0.0981. The Labute approximate surface area is 237 Å². The second kappa shape index (κ2) is 11.6. The van der Waals surface area contributed by atoms with E-state index in [-0.39, 0.29) is 16.5 Å². The van der Waals surface area contributed by atoms with Gasteiger partial charge in [-0.2, -0.15) is 0 Å². The molecule has 41 heavy (non-hydrogen) atoms. The van der Waals surface area contributed by atoms with Gasteiger partial charge in [-0.3, -0.25) is 4.79 Å². The number of rotatable bonds is 8. The van der Waals surface area contributed by atoms with Crippen LogP contribution in [0.25, 0.3) is 10.9 Å². The van der Waals surface area contributed by atoms with Crippen molar-refractivity contribution in [2.75, 3.05) is 17.7 Å². The highest BCUT2D eigenvalue weighted by Gasteiger charge is 2.20. The Bertz CT molecular complexity index is 1840. The average molecular weight is 569 g/mol. The molecule has 3 amide bonds. The van der Waals surface area contributed by atoms with Crippen LogP contribution in [0.15, 0.2) is 108 Å². The molecule has 0 fully saturated rings. The minimum Gasteiger partial charge on any atom is -0.496 e. The SMILES string of the molecule is COc1cc(C(=O)NS(=O)(=O)c2ccccc2)ccc1Cc1cn(C)c2ccc(NC(=O)Nc3ccccc3)cc12. The van der Waals surface area contributed by atoms with Crippen LogP contribution in [-0.4, -0.2) is 32.0 Å². The molecule has 208 valence electrons. The van der Waals surface area contributed by atoms with E-state index in [1.807, 2.05) is 66.3 Å². The highest BCUT2D eigenvalue weighted by atomic mass is 32.2. The number of carbonyl (C=O) groups is 2. The number of ether oxygens (including phenoxy) is 1. The number of amides is 3. The average Bonchev–Trinajstić information content (AvgIpc) is 3.27. The van der Waals surface area contributed by atoms with Crippen LogP contribution in [0.4, 0.5) is 16.2 Å². The lowest BCUT2D eigenvalue weighted by Gasteiger charge is -2.12. The van der Waals surface area contributed by atoms with Crippen molar-refractivity contribution in [2.24, 2.45) is 7.05 Å². The van der Waals surface area contributed by atoms with Gasteiger partial charge in [0.05, 0.1) is 12.0 Å². The van der Waals surface area contributed by atoms with E-state index in [1.54, 1.807) is 30.3 Å². The van der Waals surface area contributed by atoms with Gasteiger partial charge in [-0.1, -0.05) is 42.5 Å². The van der Waals surface area contributed by atoms with E-state index in [4.69, 9.17) is 4.74 Å². The quantitative estimate of drug-likeness (QED) is 0.227. The Balaban J connectivity index is 1.36. The van der Waals surface area contributed by atoms with Crippen molar-refractivity contribution in [3.8, 4) is 5.75 Å². The zero-order chi connectivity index (χ0) is 29.0. The monoisotopic (exact) mass is 568 g/mol. The van der Waals surface area contributed by atoms with E-state index >= 15 is 0 Å². The fraction of sp³-hybridized carbons (Fsp3) is 0.0968. The third-order valence-corrected chi connectivity index (χ3v) is 7.92. The van der Waals surface area contributed by atoms with Crippen molar-refractivity contribution in [1.82, 2.24) is 9.29 Å². The lowest BCUT2D eigenvalue weighted by atomic mass is 10.0. The van der Waals surface area contributed by atoms with E-state index in [1.165, 1.54) is 25.3 Å². The van der Waals surface area contributed by atoms with Crippen molar-refractivity contribution in [3.05, 3.63) is 120 Å². The zero-order valence-corrected chi connectivity index (χ0v) is 23.2. The molecule has 9 nitrogen and oxygen atoms in total. The summed E-state index contributed by atoms with van der Waals surface area (Å²) in [6.45, 7) is 0. The molecule has 0 saturated heterocycles. The van der Waals surface area contributed by atoms with Crippen LogP contribution in [0.2, 0.25) is 0 Å². The maximum atomic E-state index is 12.8. The van der Waals surface area contributed by atoms with Gasteiger partial charge in [0, 0.05) is 47.5 Å². The van der Waals surface area contributed by atoms with E-state index in [9.17, 15) is 18.0 Å². The number of methoxy groups -OCH3 is 1. The number of hydrogen-bond donors (Lipinski definition) is 3. The van der Waals surface area contributed by atoms with Gasteiger partial charge in [0.2, 0.25) is 0 Å². The van der Waals surface area contributed by atoms with E-state index in [2.05, 4.69) is 15.4 Å². The fourth-order valence-corrected chi connectivity index (χ4v) is 5.58. The number of fused-ring (bicyclic) bond motifs is 1. The van der Waals surface area contributed by atoms with Crippen LogP contribution < -0.4 is 20.1 Å². The number of benzene rings is 4. The van der Waals surface area contributed by atoms with Crippen LogP contribution in [0.5, 0.6) is 5.75 Å². The highest BCUT2D eigenvalue weighted by molar-refractivity contribution is 7.90. The van der Waals surface area contributed by atoms with Crippen molar-refractivity contribution >= 4 is 44.2 Å². The first-order valence-corrected chi connectivity index (χ1v) is 14.2. The number of urea groups is 1. The predicted molar refractivity (Wildman–Crippen MR) is 159 cm³/mol. The smallest absolute Gasteiger partial charge is 0.323 e. The summed E-state index contributed by atoms with van der Waals surface area (Å²) in [6.07, 6.45) is 2.48. The molecule has 0 aliphatic rings. The minimum atomic E-state index is -4.02. The van der Waals surface area contributed by atoms with Crippen LogP contribution >= 0.6 is 0 Å². The first kappa shape index (κ1) is 27.5. The Kier molecular flexibility index (Phi) is 7.75. The molecule has 0 atom stereocenters. The lowest BCUT2D eigenvalue weighted by Crippen LogP contribution is -2.30. The van der Waals surface area contributed by atoms with Crippen molar-refractivity contribution < 1.29 is 22.7 Å². The fourth-order valence-electron chi connectivity index (χ4n) is 4.58. The summed E-state index contributed by atoms with van der Waals surface area (Å²) < 4.78 is 34.9. The maximum absolute atomic E-state index is 12.8. The highest BCUT2D eigenvalue weighted by Crippen LogP contribution is 2.30. The molecule has 0 spiro atoms. The summed E-state index contributed by atoms with van der Waals surface area (Å²) in [7, 11) is -0.575. The molecule has 1 heterocycles. The molecule has 0 bridgehead atoms. The third kappa shape index (κ3) is 6.23. The molecule has 10 heteroatoms. The molecular weight excluding hydrogens is 540 g/mol. The van der Waals surface area contributed by atoms with Crippen molar-refractivity contribution in [3.63, 3.8) is 0 Å². The summed E-state index contributed by atoms with van der Waals surface area (Å²) in [5.41, 5.74) is 4.25. The number of aryl methyl sites for hydroxylation is 1. The number of nitrogens with one attached hydrogen (secondary N) is 3. The molecule has 5 aromatic rings. The molecule has 5 rings (SSSR count). The number of nitrogens with zero attached hydrogens (tertiary/aromatic N) is 1. The van der Waals surface area contributed by atoms with Gasteiger partial charge in [-0.25, -0.2) is 17.9 Å². The van der Waals surface area contributed by atoms with Gasteiger partial charge in [0.25, 0.3) is 15.9 Å². The molecule has 0 aliphatic heterocycles. The normalized spacial score (nSPS) is 11.2. The van der Waals surface area contributed by atoms with Gasteiger partial charge in [-0.05, 0) is 65.7 Å². The molecular formula is C31H28N4O5S. The predicted octanol–water partition coefficient (Wildman–Crippen LogP) is 5.54. The molecule has 1 aromatic heterocycles. The van der Waals surface area contributed by atoms with Crippen molar-refractivity contribution in [2.45, 2.75) is 11.3 Å². The first-order chi connectivity index (χ1) is 19.7. The number of carbonyl (C=O) groups excluding carboxylic acids is 2. The second-order valence-corrected chi connectivity index (χ2v) is 11.1. The Morgan fingerprint density at radius 2 is 1.49 bits per heavy atom. The Morgan fingerprint density at radius 1 is 0.805 bits per heavy atom. The van der Waals surface area contributed by atoms with Crippen LogP contribution in [0.3, 0.4) is 0 Å². The van der Waals surface area contributed by atoms with Crippen LogP contribution in [0.1, 0.15) is 21.5 Å². The number of sulfonamides is 1. The molecule has 0 aliphatic carbocycles. The van der Waals surface area contributed by atoms with Gasteiger partial charge < -0.3 is 19.9 Å². The Morgan fingerprint density at radius 3 is 2.20 bits per heavy atom. The third-order valence-electron chi connectivity index (χ3n) is 6.57. The Hall–Kier alpha value is -5.09. The van der Waals surface area contributed by atoms with E-state index < -0.39 is 15.9 Å². The van der Waals surface area contributed by atoms with Gasteiger partial charge in [0.15, 0.2) is 0 Å². The number of anilines is 2. The number of aromatic nitrogens is 1. The largest absolute Gasteiger partial charge is 0.496 e. The van der Waals surface area contributed by atoms with Crippen LogP contribution in [0, 0.1) is 0 Å². The van der Waals surface area contributed by atoms with Crippen molar-refractivity contribution in [1.29, 1.82) is 0 Å².